The Labute approximate surface area is 388 Å². The Balaban J connectivity index is 2.38. The van der Waals surface area contributed by atoms with Crippen molar-refractivity contribution in [3.05, 3.63) is 60.8 Å². The van der Waals surface area contributed by atoms with E-state index in [2.05, 4.69) is 78.8 Å². The first-order chi connectivity index (χ1) is 31.1. The molecule has 1 rings (SSSR count). The van der Waals surface area contributed by atoms with Gasteiger partial charge in [-0.05, 0) is 77.0 Å². The van der Waals surface area contributed by atoms with Gasteiger partial charge >= 0.3 is 16.4 Å². The molecular weight excluding hydrogens is 837 g/mol. The van der Waals surface area contributed by atoms with Crippen molar-refractivity contribution in [3.63, 3.8) is 0 Å². The molecule has 0 spiro atoms. The second kappa shape index (κ2) is 42.2. The van der Waals surface area contributed by atoms with Crippen LogP contribution in [0.2, 0.25) is 0 Å². The molecule has 1 heterocycles. The summed E-state index contributed by atoms with van der Waals surface area (Å²) in [5, 5.41) is 30.7. The largest absolute Gasteiger partial charge is 0.457 e. The van der Waals surface area contributed by atoms with Crippen molar-refractivity contribution in [2.45, 2.75) is 230 Å². The van der Waals surface area contributed by atoms with Gasteiger partial charge in [-0.1, -0.05) is 171 Å². The van der Waals surface area contributed by atoms with Gasteiger partial charge in [-0.25, -0.2) is 4.18 Å². The minimum absolute atomic E-state index is 0.0267. The van der Waals surface area contributed by atoms with Crippen molar-refractivity contribution in [1.29, 1.82) is 0 Å². The molecule has 6 atom stereocenters. The van der Waals surface area contributed by atoms with Crippen LogP contribution in [0.5, 0.6) is 0 Å². The summed E-state index contributed by atoms with van der Waals surface area (Å²) in [5.74, 6) is -0.411. The highest BCUT2D eigenvalue weighted by molar-refractivity contribution is 7.80. The van der Waals surface area contributed by atoms with Crippen LogP contribution < -0.4 is 0 Å². The first-order valence-corrected chi connectivity index (χ1v) is 26.4. The maximum atomic E-state index is 12.9. The molecule has 1 saturated heterocycles. The van der Waals surface area contributed by atoms with E-state index in [1.165, 1.54) is 89.9 Å². The standard InChI is InChI=1S/C51H90O12S/c1-3-5-7-9-11-13-15-17-19-21-22-23-24-25-26-28-30-32-34-36-38-40-47(53)61-45(44-60-51-49(55)50(63-64(56,57)58)48(54)46(42-52)62-51)43-59-41-39-37-35-33-31-29-27-20-18-16-14-12-10-8-6-4-2/h5,7,11,13,17-20,22-23,45-46,48-52,54-55H,3-4,6,8-10,12,14-16,21,24-44H2,1-2H3,(H,56,57,58)/b7-5-,13-11-,19-17-,20-18-,23-22-. The van der Waals surface area contributed by atoms with Crippen LogP contribution in [0.1, 0.15) is 194 Å². The lowest BCUT2D eigenvalue weighted by Gasteiger charge is -2.41. The summed E-state index contributed by atoms with van der Waals surface area (Å²) >= 11 is 0. The fourth-order valence-electron chi connectivity index (χ4n) is 7.36. The second-order valence-electron chi connectivity index (χ2n) is 17.0. The summed E-state index contributed by atoms with van der Waals surface area (Å²) in [6.07, 6.45) is 43.9. The number of hydrogen-bond acceptors (Lipinski definition) is 11. The number of carbonyl (C=O) groups excluding carboxylic acids is 1. The minimum atomic E-state index is -5.07. The molecule has 0 bridgehead atoms. The summed E-state index contributed by atoms with van der Waals surface area (Å²) in [6, 6.07) is 0. The maximum Gasteiger partial charge on any atom is 0.397 e. The molecule has 0 amide bonds. The summed E-state index contributed by atoms with van der Waals surface area (Å²) in [4.78, 5) is 12.9. The van der Waals surface area contributed by atoms with Gasteiger partial charge in [-0.15, -0.1) is 0 Å². The van der Waals surface area contributed by atoms with Gasteiger partial charge in [0.05, 0.1) is 19.8 Å². The molecule has 0 saturated carbocycles. The van der Waals surface area contributed by atoms with Crippen LogP contribution in [0.4, 0.5) is 0 Å². The zero-order chi connectivity index (χ0) is 46.8. The number of ether oxygens (including phenoxy) is 4. The van der Waals surface area contributed by atoms with Crippen LogP contribution in [0, 0.1) is 0 Å². The molecule has 0 aromatic rings. The molecule has 0 radical (unpaired) electrons. The Morgan fingerprint density at radius 2 is 1.08 bits per heavy atom. The molecule has 64 heavy (non-hydrogen) atoms. The summed E-state index contributed by atoms with van der Waals surface area (Å²) in [5.41, 5.74) is 0. The number of rotatable bonds is 43. The zero-order valence-corrected chi connectivity index (χ0v) is 40.6. The SMILES string of the molecule is CC/C=C\C/C=C\C/C=C\C/C=C\CCCCCCCCCCC(=O)OC(COCCCCCCCC/C=C\CCCCCCCC)COC1OC(CO)C(O)C(OS(=O)(=O)O)C1O. The average molecular weight is 927 g/mol. The normalized spacial score (nSPS) is 20.2. The Bertz CT molecular complexity index is 1350. The molecule has 4 N–H and O–H groups in total. The number of aliphatic hydroxyl groups excluding tert-OH is 3. The Morgan fingerprint density at radius 1 is 0.609 bits per heavy atom. The highest BCUT2D eigenvalue weighted by Crippen LogP contribution is 2.26. The molecule has 1 aliphatic rings. The molecular formula is C51H90O12S. The highest BCUT2D eigenvalue weighted by Gasteiger charge is 2.48. The van der Waals surface area contributed by atoms with Gasteiger partial charge in [-0.3, -0.25) is 9.35 Å². The van der Waals surface area contributed by atoms with E-state index in [4.69, 9.17) is 18.9 Å². The fraction of sp³-hybridized carbons (Fsp3) is 0.784. The van der Waals surface area contributed by atoms with E-state index in [-0.39, 0.29) is 19.6 Å². The van der Waals surface area contributed by atoms with Crippen LogP contribution in [-0.2, 0) is 38.3 Å². The summed E-state index contributed by atoms with van der Waals surface area (Å²) in [6.45, 7) is 3.86. The molecule has 6 unspecified atom stereocenters. The van der Waals surface area contributed by atoms with Crippen molar-refractivity contribution >= 4 is 16.4 Å². The van der Waals surface area contributed by atoms with Crippen molar-refractivity contribution in [2.75, 3.05) is 26.4 Å². The van der Waals surface area contributed by atoms with Gasteiger partial charge in [0.15, 0.2) is 6.29 Å². The lowest BCUT2D eigenvalue weighted by molar-refractivity contribution is -0.301. The van der Waals surface area contributed by atoms with Crippen molar-refractivity contribution in [2.24, 2.45) is 0 Å². The molecule has 0 aliphatic carbocycles. The van der Waals surface area contributed by atoms with E-state index in [1.807, 2.05) is 0 Å². The topological polar surface area (TPSA) is 178 Å². The number of carbonyl (C=O) groups is 1. The van der Waals surface area contributed by atoms with Crippen molar-refractivity contribution in [3.8, 4) is 0 Å². The molecule has 1 fully saturated rings. The molecule has 13 heteroatoms. The summed E-state index contributed by atoms with van der Waals surface area (Å²) in [7, 11) is -5.07. The minimum Gasteiger partial charge on any atom is -0.457 e. The molecule has 0 aromatic carbocycles. The van der Waals surface area contributed by atoms with E-state index in [0.29, 0.717) is 13.0 Å². The van der Waals surface area contributed by atoms with E-state index in [1.54, 1.807) is 0 Å². The number of hydrogen-bond donors (Lipinski definition) is 4. The third-order valence-electron chi connectivity index (χ3n) is 11.1. The molecule has 12 nitrogen and oxygen atoms in total. The number of unbranched alkanes of at least 4 members (excludes halogenated alkanes) is 20. The lowest BCUT2D eigenvalue weighted by Crippen LogP contribution is -2.60. The lowest BCUT2D eigenvalue weighted by atomic mass is 9.99. The van der Waals surface area contributed by atoms with Crippen LogP contribution in [0.15, 0.2) is 60.8 Å². The molecule has 0 aromatic heterocycles. The van der Waals surface area contributed by atoms with E-state index < -0.39 is 59.8 Å². The third-order valence-corrected chi connectivity index (χ3v) is 11.6. The summed E-state index contributed by atoms with van der Waals surface area (Å²) < 4.78 is 59.2. The van der Waals surface area contributed by atoms with Crippen LogP contribution in [0.3, 0.4) is 0 Å². The predicted molar refractivity (Wildman–Crippen MR) is 257 cm³/mol. The van der Waals surface area contributed by atoms with Gasteiger partial charge in [0.1, 0.15) is 30.5 Å². The van der Waals surface area contributed by atoms with Crippen LogP contribution in [0.25, 0.3) is 0 Å². The smallest absolute Gasteiger partial charge is 0.397 e. The Kier molecular flexibility index (Phi) is 39.4. The maximum absolute atomic E-state index is 12.9. The average Bonchev–Trinajstić information content (AvgIpc) is 3.27. The van der Waals surface area contributed by atoms with Gasteiger partial charge in [0.2, 0.25) is 0 Å². The van der Waals surface area contributed by atoms with Crippen molar-refractivity contribution in [1.82, 2.24) is 0 Å². The zero-order valence-electron chi connectivity index (χ0n) is 39.8. The van der Waals surface area contributed by atoms with Gasteiger partial charge < -0.3 is 34.3 Å². The highest BCUT2D eigenvalue weighted by atomic mass is 32.3. The third kappa shape index (κ3) is 35.1. The van der Waals surface area contributed by atoms with Gasteiger partial charge in [0.25, 0.3) is 0 Å². The number of aliphatic hydroxyl groups is 3. The molecule has 372 valence electrons. The first kappa shape index (κ1) is 59.8. The fourth-order valence-corrected chi connectivity index (χ4v) is 7.87. The van der Waals surface area contributed by atoms with E-state index >= 15 is 0 Å². The van der Waals surface area contributed by atoms with Gasteiger partial charge in [0, 0.05) is 13.0 Å². The number of esters is 1. The van der Waals surface area contributed by atoms with Crippen LogP contribution in [-0.4, -0.2) is 97.5 Å². The monoisotopic (exact) mass is 927 g/mol. The quantitative estimate of drug-likeness (QED) is 0.0197. The molecule has 1 aliphatic heterocycles. The Morgan fingerprint density at radius 3 is 1.59 bits per heavy atom. The van der Waals surface area contributed by atoms with Gasteiger partial charge in [-0.2, -0.15) is 8.42 Å². The van der Waals surface area contributed by atoms with Crippen LogP contribution >= 0.6 is 0 Å². The van der Waals surface area contributed by atoms with E-state index in [0.717, 1.165) is 77.0 Å². The first-order valence-electron chi connectivity index (χ1n) is 25.0. The van der Waals surface area contributed by atoms with E-state index in [9.17, 15) is 33.1 Å². The number of allylic oxidation sites excluding steroid dienone is 10. The second-order valence-corrected chi connectivity index (χ2v) is 18.1. The van der Waals surface area contributed by atoms with Crippen molar-refractivity contribution < 1.29 is 56.2 Å². The Hall–Kier alpha value is -2.20. The predicted octanol–water partition coefficient (Wildman–Crippen LogP) is 11.3.